The van der Waals surface area contributed by atoms with E-state index in [1.807, 2.05) is 44.2 Å². The summed E-state index contributed by atoms with van der Waals surface area (Å²) in [4.78, 5) is 61.0. The van der Waals surface area contributed by atoms with Gasteiger partial charge in [0.25, 0.3) is 0 Å². The van der Waals surface area contributed by atoms with Gasteiger partial charge in [0.05, 0.1) is 6.04 Å². The fraction of sp³-hybridized carbons (Fsp3) is 0.522. The molecule has 0 aliphatic carbocycles. The molecular weight excluding hydrogens is 474 g/mol. The van der Waals surface area contributed by atoms with Crippen LogP contribution in [-0.4, -0.2) is 64.6 Å². The van der Waals surface area contributed by atoms with Crippen LogP contribution in [-0.2, 0) is 30.4 Å². The largest absolute Gasteiger partial charge is 0.480 e. The van der Waals surface area contributed by atoms with Gasteiger partial charge in [0.15, 0.2) is 0 Å². The molecule has 0 saturated heterocycles. The molecule has 0 spiro atoms. The van der Waals surface area contributed by atoms with Crippen molar-refractivity contribution in [1.29, 1.82) is 0 Å². The number of carbonyl (C=O) groups excluding carboxylic acids is 4. The summed E-state index contributed by atoms with van der Waals surface area (Å²) in [5.41, 5.74) is 12.1. The van der Waals surface area contributed by atoms with Crippen LogP contribution in [0.5, 0.6) is 0 Å². The number of amides is 4. The molecule has 0 radical (unpaired) electrons. The van der Waals surface area contributed by atoms with Crippen molar-refractivity contribution in [3.63, 3.8) is 0 Å². The Hall–Kier alpha value is -3.12. The Labute approximate surface area is 210 Å². The number of carbonyl (C=O) groups is 5. The van der Waals surface area contributed by atoms with Crippen molar-refractivity contribution >= 4 is 42.2 Å². The summed E-state index contributed by atoms with van der Waals surface area (Å²) in [6.07, 6.45) is 0.152. The monoisotopic (exact) mass is 509 g/mol. The fourth-order valence-corrected chi connectivity index (χ4v) is 3.48. The molecule has 4 amide bonds. The predicted octanol–water partition coefficient (Wildman–Crippen LogP) is -0.663. The van der Waals surface area contributed by atoms with E-state index in [1.165, 1.54) is 0 Å². The zero-order valence-corrected chi connectivity index (χ0v) is 20.8. The van der Waals surface area contributed by atoms with Gasteiger partial charge in [-0.15, -0.1) is 0 Å². The second-order valence-corrected chi connectivity index (χ2v) is 9.00. The predicted molar refractivity (Wildman–Crippen MR) is 133 cm³/mol. The van der Waals surface area contributed by atoms with Crippen LogP contribution >= 0.6 is 12.6 Å². The normalized spacial score (nSPS) is 14.3. The summed E-state index contributed by atoms with van der Waals surface area (Å²) in [5, 5.41) is 16.6. The van der Waals surface area contributed by atoms with E-state index in [1.54, 1.807) is 0 Å². The average molecular weight is 510 g/mol. The molecule has 0 heterocycles. The van der Waals surface area contributed by atoms with Crippen LogP contribution in [0.25, 0.3) is 0 Å². The maximum absolute atomic E-state index is 13.0. The lowest BCUT2D eigenvalue weighted by Gasteiger charge is -2.25. The van der Waals surface area contributed by atoms with E-state index >= 15 is 0 Å². The molecule has 35 heavy (non-hydrogen) atoms. The molecule has 0 saturated carbocycles. The number of hydrogen-bond donors (Lipinski definition) is 7. The molecule has 0 aromatic heterocycles. The highest BCUT2D eigenvalue weighted by Gasteiger charge is 2.30. The highest BCUT2D eigenvalue weighted by atomic mass is 32.1. The quantitative estimate of drug-likeness (QED) is 0.152. The van der Waals surface area contributed by atoms with Gasteiger partial charge in [-0.2, -0.15) is 12.6 Å². The van der Waals surface area contributed by atoms with E-state index in [2.05, 4.69) is 28.6 Å². The van der Waals surface area contributed by atoms with E-state index in [0.29, 0.717) is 0 Å². The number of hydrogen-bond acceptors (Lipinski definition) is 7. The second kappa shape index (κ2) is 15.0. The summed E-state index contributed by atoms with van der Waals surface area (Å²) < 4.78 is 0. The second-order valence-electron chi connectivity index (χ2n) is 8.64. The molecule has 1 aromatic carbocycles. The van der Waals surface area contributed by atoms with Crippen LogP contribution in [0.15, 0.2) is 30.3 Å². The lowest BCUT2D eigenvalue weighted by Crippen LogP contribution is -2.57. The third kappa shape index (κ3) is 11.2. The first-order valence-electron chi connectivity index (χ1n) is 11.3. The topological polar surface area (TPSA) is 194 Å². The summed E-state index contributed by atoms with van der Waals surface area (Å²) >= 11 is 3.92. The minimum absolute atomic E-state index is 0.0247. The molecule has 0 bridgehead atoms. The van der Waals surface area contributed by atoms with E-state index in [-0.39, 0.29) is 37.4 Å². The SMILES string of the molecule is CC(C)CC(NC(=O)C(CCC(N)=O)NC(=O)C(N)Cc1ccccc1)C(=O)NC(CS)C(=O)O. The van der Waals surface area contributed by atoms with Gasteiger partial charge in [0.1, 0.15) is 18.1 Å². The molecule has 4 unspecified atom stereocenters. The van der Waals surface area contributed by atoms with E-state index in [9.17, 15) is 29.1 Å². The lowest BCUT2D eigenvalue weighted by atomic mass is 10.0. The molecule has 12 heteroatoms. The van der Waals surface area contributed by atoms with Gasteiger partial charge in [-0.1, -0.05) is 44.2 Å². The van der Waals surface area contributed by atoms with Gasteiger partial charge in [0, 0.05) is 12.2 Å². The molecule has 1 aromatic rings. The Morgan fingerprint density at radius 3 is 1.97 bits per heavy atom. The number of rotatable bonds is 15. The van der Waals surface area contributed by atoms with Crippen molar-refractivity contribution in [2.75, 3.05) is 5.75 Å². The summed E-state index contributed by atoms with van der Waals surface area (Å²) in [5.74, 6) is -4.12. The lowest BCUT2D eigenvalue weighted by molar-refractivity contribution is -0.141. The van der Waals surface area contributed by atoms with Crippen molar-refractivity contribution in [1.82, 2.24) is 16.0 Å². The van der Waals surface area contributed by atoms with Gasteiger partial charge in [0.2, 0.25) is 23.6 Å². The van der Waals surface area contributed by atoms with Gasteiger partial charge in [-0.25, -0.2) is 4.79 Å². The Morgan fingerprint density at radius 1 is 0.914 bits per heavy atom. The van der Waals surface area contributed by atoms with Crippen molar-refractivity contribution in [2.24, 2.45) is 17.4 Å². The molecule has 194 valence electrons. The summed E-state index contributed by atoms with van der Waals surface area (Å²) in [6, 6.07) is 4.63. The van der Waals surface area contributed by atoms with Crippen molar-refractivity contribution in [3.05, 3.63) is 35.9 Å². The van der Waals surface area contributed by atoms with Crippen molar-refractivity contribution in [2.45, 2.75) is 63.7 Å². The van der Waals surface area contributed by atoms with Crippen LogP contribution in [0.4, 0.5) is 0 Å². The number of nitrogens with two attached hydrogens (primary N) is 2. The number of thiol groups is 1. The zero-order chi connectivity index (χ0) is 26.5. The molecule has 0 aliphatic heterocycles. The van der Waals surface area contributed by atoms with E-state index in [0.717, 1.165) is 5.56 Å². The molecule has 0 fully saturated rings. The zero-order valence-electron chi connectivity index (χ0n) is 19.9. The third-order valence-electron chi connectivity index (χ3n) is 5.08. The maximum atomic E-state index is 13.0. The Morgan fingerprint density at radius 2 is 1.46 bits per heavy atom. The Bertz CT molecular complexity index is 882. The first-order chi connectivity index (χ1) is 16.4. The molecule has 11 nitrogen and oxygen atoms in total. The summed E-state index contributed by atoms with van der Waals surface area (Å²) in [7, 11) is 0. The van der Waals surface area contributed by atoms with Gasteiger partial charge < -0.3 is 32.5 Å². The minimum atomic E-state index is -1.26. The van der Waals surface area contributed by atoms with Crippen molar-refractivity contribution < 1.29 is 29.1 Å². The molecule has 1 rings (SSSR count). The number of primary amides is 1. The molecule has 0 aliphatic rings. The number of aliphatic carboxylic acids is 1. The van der Waals surface area contributed by atoms with Crippen molar-refractivity contribution in [3.8, 4) is 0 Å². The number of carboxylic acid groups (broad SMARTS) is 1. The van der Waals surface area contributed by atoms with Crippen LogP contribution in [0, 0.1) is 5.92 Å². The highest BCUT2D eigenvalue weighted by molar-refractivity contribution is 7.80. The molecular formula is C23H35N5O6S. The molecule has 4 atom stereocenters. The van der Waals surface area contributed by atoms with Crippen LogP contribution in [0.2, 0.25) is 0 Å². The van der Waals surface area contributed by atoms with Crippen LogP contribution in [0.3, 0.4) is 0 Å². The molecule has 8 N–H and O–H groups in total. The van der Waals surface area contributed by atoms with E-state index < -0.39 is 53.8 Å². The van der Waals surface area contributed by atoms with Gasteiger partial charge >= 0.3 is 5.97 Å². The van der Waals surface area contributed by atoms with E-state index in [4.69, 9.17) is 11.5 Å². The standard InChI is InChI=1S/C23H35N5O6S/c1-13(2)10-17(22(32)28-18(12-35)23(33)34)27-21(31)16(8-9-19(25)29)26-20(30)15(24)11-14-6-4-3-5-7-14/h3-7,13,15-18,35H,8-12,24H2,1-2H3,(H2,25,29)(H,26,30)(H,27,31)(H,28,32)(H,33,34). The minimum Gasteiger partial charge on any atom is -0.480 e. The highest BCUT2D eigenvalue weighted by Crippen LogP contribution is 2.08. The summed E-state index contributed by atoms with van der Waals surface area (Å²) in [6.45, 7) is 3.66. The van der Waals surface area contributed by atoms with Gasteiger partial charge in [-0.3, -0.25) is 19.2 Å². The van der Waals surface area contributed by atoms with Crippen LogP contribution < -0.4 is 27.4 Å². The smallest absolute Gasteiger partial charge is 0.327 e. The number of benzene rings is 1. The number of nitrogens with one attached hydrogen (secondary N) is 3. The fourth-order valence-electron chi connectivity index (χ4n) is 3.23. The number of carboxylic acids is 1. The average Bonchev–Trinajstić information content (AvgIpc) is 2.79. The maximum Gasteiger partial charge on any atom is 0.327 e. The third-order valence-corrected chi connectivity index (χ3v) is 5.45. The van der Waals surface area contributed by atoms with Gasteiger partial charge in [-0.05, 0) is 30.7 Å². The first-order valence-corrected chi connectivity index (χ1v) is 11.9. The first kappa shape index (κ1) is 29.9. The Balaban J connectivity index is 2.96. The van der Waals surface area contributed by atoms with Crippen LogP contribution in [0.1, 0.15) is 38.7 Å². The Kier molecular flexibility index (Phi) is 12.8.